The number of hydrogen-bond donors (Lipinski definition) is 0. The second-order valence-corrected chi connectivity index (χ2v) is 10.2. The third-order valence-electron chi connectivity index (χ3n) is 6.58. The molecule has 0 spiro atoms. The van der Waals surface area contributed by atoms with Gasteiger partial charge in [-0.3, -0.25) is 4.98 Å². The number of carbonyl (C=O) groups is 2. The van der Waals surface area contributed by atoms with E-state index in [1.54, 1.807) is 18.5 Å². The minimum absolute atomic E-state index is 0.180. The van der Waals surface area contributed by atoms with Crippen LogP contribution in [-0.2, 0) is 22.3 Å². The summed E-state index contributed by atoms with van der Waals surface area (Å²) in [6.07, 6.45) is 4.93. The van der Waals surface area contributed by atoms with E-state index >= 15 is 0 Å². The van der Waals surface area contributed by atoms with Gasteiger partial charge in [0, 0.05) is 18.9 Å². The van der Waals surface area contributed by atoms with Gasteiger partial charge in [-0.05, 0) is 86.4 Å². The number of carbonyl (C=O) groups excluding carboxylic acids is 2. The van der Waals surface area contributed by atoms with Gasteiger partial charge in [-0.25, -0.2) is 9.59 Å². The van der Waals surface area contributed by atoms with Crippen LogP contribution in [0.3, 0.4) is 0 Å². The summed E-state index contributed by atoms with van der Waals surface area (Å²) < 4.78 is 10.7. The number of methoxy groups -OCH3 is 1. The number of esters is 1. The normalized spacial score (nSPS) is 15.2. The molecule has 1 aliphatic rings. The minimum atomic E-state index is -0.585. The predicted octanol–water partition coefficient (Wildman–Crippen LogP) is 6.31. The number of amides is 1. The van der Waals surface area contributed by atoms with Crippen LogP contribution in [-0.4, -0.2) is 41.2 Å². The van der Waals surface area contributed by atoms with Crippen LogP contribution in [0, 0.1) is 6.92 Å². The van der Waals surface area contributed by atoms with Gasteiger partial charge in [0.2, 0.25) is 0 Å². The Kier molecular flexibility index (Phi) is 7.43. The van der Waals surface area contributed by atoms with E-state index in [-0.39, 0.29) is 18.1 Å². The zero-order valence-corrected chi connectivity index (χ0v) is 21.7. The van der Waals surface area contributed by atoms with Gasteiger partial charge in [0.25, 0.3) is 0 Å². The van der Waals surface area contributed by atoms with Crippen molar-refractivity contribution >= 4 is 12.1 Å². The van der Waals surface area contributed by atoms with Crippen molar-refractivity contribution in [1.29, 1.82) is 0 Å². The van der Waals surface area contributed by atoms with Crippen molar-refractivity contribution < 1.29 is 19.1 Å². The number of rotatable bonds is 5. The monoisotopic (exact) mass is 486 g/mol. The van der Waals surface area contributed by atoms with Crippen LogP contribution in [0.5, 0.6) is 0 Å². The highest BCUT2D eigenvalue weighted by atomic mass is 16.6. The summed E-state index contributed by atoms with van der Waals surface area (Å²) in [4.78, 5) is 31.5. The molecular formula is C30H34N2O4. The molecule has 1 atom stereocenters. The van der Waals surface area contributed by atoms with E-state index in [1.165, 1.54) is 29.4 Å². The molecule has 0 bridgehead atoms. The van der Waals surface area contributed by atoms with Gasteiger partial charge < -0.3 is 14.4 Å². The lowest BCUT2D eigenvalue weighted by Crippen LogP contribution is -2.43. The molecule has 1 aliphatic heterocycles. The lowest BCUT2D eigenvalue weighted by atomic mass is 9.86. The minimum Gasteiger partial charge on any atom is -0.465 e. The Hall–Kier alpha value is -3.67. The quantitative estimate of drug-likeness (QED) is 0.395. The van der Waals surface area contributed by atoms with E-state index in [0.717, 1.165) is 17.5 Å². The van der Waals surface area contributed by atoms with E-state index in [4.69, 9.17) is 9.47 Å². The summed E-state index contributed by atoms with van der Waals surface area (Å²) >= 11 is 0. The van der Waals surface area contributed by atoms with Gasteiger partial charge in [0.15, 0.2) is 0 Å². The lowest BCUT2D eigenvalue weighted by molar-refractivity contribution is 0.0132. The van der Waals surface area contributed by atoms with Crippen LogP contribution in [0.4, 0.5) is 4.79 Å². The van der Waals surface area contributed by atoms with Gasteiger partial charge in [0.05, 0.1) is 18.7 Å². The number of ether oxygens (including phenoxy) is 2. The molecule has 1 aromatic heterocycles. The second kappa shape index (κ2) is 10.5. The number of benzene rings is 2. The van der Waals surface area contributed by atoms with Crippen molar-refractivity contribution in [3.63, 3.8) is 0 Å². The Morgan fingerprint density at radius 1 is 1.11 bits per heavy atom. The number of hydrogen-bond acceptors (Lipinski definition) is 5. The molecule has 0 N–H and O–H groups in total. The molecule has 0 aliphatic carbocycles. The maximum atomic E-state index is 13.2. The van der Waals surface area contributed by atoms with Crippen molar-refractivity contribution in [2.24, 2.45) is 0 Å². The van der Waals surface area contributed by atoms with Gasteiger partial charge >= 0.3 is 12.1 Å². The van der Waals surface area contributed by atoms with E-state index in [0.29, 0.717) is 24.9 Å². The zero-order chi connectivity index (χ0) is 25.9. The van der Waals surface area contributed by atoms with Gasteiger partial charge in [-0.2, -0.15) is 0 Å². The third kappa shape index (κ3) is 5.59. The topological polar surface area (TPSA) is 68.7 Å². The van der Waals surface area contributed by atoms with Crippen LogP contribution < -0.4 is 0 Å². The number of fused-ring (bicyclic) bond motifs is 1. The van der Waals surface area contributed by atoms with Gasteiger partial charge in [-0.1, -0.05) is 42.5 Å². The van der Waals surface area contributed by atoms with Crippen LogP contribution in [0.15, 0.2) is 60.9 Å². The Morgan fingerprint density at radius 3 is 2.61 bits per heavy atom. The third-order valence-corrected chi connectivity index (χ3v) is 6.58. The summed E-state index contributed by atoms with van der Waals surface area (Å²) in [6.45, 7) is 8.33. The van der Waals surface area contributed by atoms with Gasteiger partial charge in [-0.15, -0.1) is 0 Å². The van der Waals surface area contributed by atoms with Crippen LogP contribution >= 0.6 is 0 Å². The Balaban J connectivity index is 1.68. The lowest BCUT2D eigenvalue weighted by Gasteiger charge is -2.38. The molecule has 0 saturated carbocycles. The summed E-state index contributed by atoms with van der Waals surface area (Å²) in [5.74, 6) is -0.386. The zero-order valence-electron chi connectivity index (χ0n) is 21.7. The van der Waals surface area contributed by atoms with Crippen molar-refractivity contribution in [1.82, 2.24) is 9.88 Å². The maximum absolute atomic E-state index is 13.2. The molecule has 6 nitrogen and oxygen atoms in total. The predicted molar refractivity (Wildman–Crippen MR) is 140 cm³/mol. The SMILES string of the molecule is COC(=O)c1ccncc1CC[C@@H]1c2ccc(-c3ccccc3C)cc2CCN1C(=O)OC(C)(C)C. The first-order valence-electron chi connectivity index (χ1n) is 12.4. The summed E-state index contributed by atoms with van der Waals surface area (Å²) in [6, 6.07) is 16.4. The highest BCUT2D eigenvalue weighted by Gasteiger charge is 2.34. The Labute approximate surface area is 213 Å². The molecule has 2 heterocycles. The summed E-state index contributed by atoms with van der Waals surface area (Å²) in [7, 11) is 1.38. The van der Waals surface area contributed by atoms with E-state index in [9.17, 15) is 9.59 Å². The molecule has 188 valence electrons. The number of aromatic nitrogens is 1. The molecule has 0 unspecified atom stereocenters. The van der Waals surface area contributed by atoms with Crippen LogP contribution in [0.25, 0.3) is 11.1 Å². The fourth-order valence-electron chi connectivity index (χ4n) is 4.85. The molecule has 4 rings (SSSR count). The van der Waals surface area contributed by atoms with Crippen LogP contribution in [0.1, 0.15) is 65.8 Å². The Bertz CT molecular complexity index is 1260. The molecule has 6 heteroatoms. The molecule has 0 radical (unpaired) electrons. The molecule has 0 fully saturated rings. The van der Waals surface area contributed by atoms with Gasteiger partial charge in [0.1, 0.15) is 5.60 Å². The largest absolute Gasteiger partial charge is 0.465 e. The first-order chi connectivity index (χ1) is 17.2. The van der Waals surface area contributed by atoms with E-state index in [2.05, 4.69) is 48.3 Å². The molecule has 0 saturated heterocycles. The fraction of sp³-hybridized carbons (Fsp3) is 0.367. The second-order valence-electron chi connectivity index (χ2n) is 10.2. The molecule has 2 aromatic carbocycles. The van der Waals surface area contributed by atoms with Crippen molar-refractivity contribution in [3.8, 4) is 11.1 Å². The van der Waals surface area contributed by atoms with Crippen molar-refractivity contribution in [2.75, 3.05) is 13.7 Å². The maximum Gasteiger partial charge on any atom is 0.410 e. The molecule has 3 aromatic rings. The fourth-order valence-corrected chi connectivity index (χ4v) is 4.85. The average molecular weight is 487 g/mol. The smallest absolute Gasteiger partial charge is 0.410 e. The highest BCUT2D eigenvalue weighted by molar-refractivity contribution is 5.90. The van der Waals surface area contributed by atoms with E-state index < -0.39 is 5.60 Å². The number of nitrogens with zero attached hydrogens (tertiary/aromatic N) is 2. The summed E-state index contributed by atoms with van der Waals surface area (Å²) in [5, 5.41) is 0. The Morgan fingerprint density at radius 2 is 1.89 bits per heavy atom. The van der Waals surface area contributed by atoms with Crippen molar-refractivity contribution in [2.45, 2.75) is 58.6 Å². The van der Waals surface area contributed by atoms with Crippen LogP contribution in [0.2, 0.25) is 0 Å². The first kappa shape index (κ1) is 25.4. The molecule has 36 heavy (non-hydrogen) atoms. The van der Waals surface area contributed by atoms with E-state index in [1.807, 2.05) is 31.7 Å². The first-order valence-corrected chi connectivity index (χ1v) is 12.4. The average Bonchev–Trinajstić information content (AvgIpc) is 2.85. The molecular weight excluding hydrogens is 452 g/mol. The summed E-state index contributed by atoms with van der Waals surface area (Å²) in [5.41, 5.74) is 6.69. The standard InChI is InChI=1S/C30H34N2O4/c1-20-8-6-7-9-24(20)21-10-12-25-22(18-21)15-17-32(29(34)36-30(2,3)4)27(25)13-11-23-19-31-16-14-26(23)28(33)35-5/h6-10,12,14,16,18-19,27H,11,13,15,17H2,1-5H3/t27-/m1/s1. The highest BCUT2D eigenvalue weighted by Crippen LogP contribution is 2.37. The van der Waals surface area contributed by atoms with Crippen molar-refractivity contribution in [3.05, 3.63) is 88.7 Å². The molecule has 1 amide bonds. The number of aryl methyl sites for hydroxylation is 2. The number of pyridine rings is 1.